The molecule has 0 aliphatic carbocycles. The molecule has 0 saturated carbocycles. The highest BCUT2D eigenvalue weighted by Gasteiger charge is 2.27. The van der Waals surface area contributed by atoms with E-state index in [0.717, 1.165) is 5.56 Å². The van der Waals surface area contributed by atoms with Crippen molar-refractivity contribution in [1.82, 2.24) is 0 Å². The van der Waals surface area contributed by atoms with Crippen LogP contribution in [0.5, 0.6) is 0 Å². The number of cyclic esters (lactones) is 1. The molecule has 4 heteroatoms. The maximum Gasteiger partial charge on any atom is 0.344 e. The van der Waals surface area contributed by atoms with Gasteiger partial charge in [-0.3, -0.25) is 4.79 Å². The number of carbonyl (C=O) groups is 2. The molecule has 0 atom stereocenters. The second-order valence-electron chi connectivity index (χ2n) is 4.34. The third-order valence-corrected chi connectivity index (χ3v) is 3.25. The summed E-state index contributed by atoms with van der Waals surface area (Å²) in [6.07, 6.45) is 1.76. The third-order valence-electron chi connectivity index (χ3n) is 3.03. The maximum absolute atomic E-state index is 11.8. The number of fused-ring (bicyclic) bond motifs is 1. The second kappa shape index (κ2) is 4.94. The van der Waals surface area contributed by atoms with Gasteiger partial charge in [-0.1, -0.05) is 30.3 Å². The highest BCUT2D eigenvalue weighted by atomic mass is 35.5. The van der Waals surface area contributed by atoms with Crippen LogP contribution in [0.15, 0.2) is 48.5 Å². The van der Waals surface area contributed by atoms with Crippen molar-refractivity contribution in [3.05, 3.63) is 70.8 Å². The van der Waals surface area contributed by atoms with Gasteiger partial charge in [-0.05, 0) is 41.4 Å². The number of ether oxygens (including phenoxy) is 1. The topological polar surface area (TPSA) is 43.4 Å². The Labute approximate surface area is 120 Å². The van der Waals surface area contributed by atoms with Gasteiger partial charge in [0.2, 0.25) is 0 Å². The summed E-state index contributed by atoms with van der Waals surface area (Å²) in [6.45, 7) is 0. The van der Waals surface area contributed by atoms with Crippen LogP contribution in [0.4, 0.5) is 0 Å². The Morgan fingerprint density at radius 3 is 2.50 bits per heavy atom. The Bertz CT molecular complexity index is 733. The van der Waals surface area contributed by atoms with Gasteiger partial charge in [0, 0.05) is 11.1 Å². The van der Waals surface area contributed by atoms with Crippen molar-refractivity contribution in [2.24, 2.45) is 0 Å². The van der Waals surface area contributed by atoms with Crippen molar-refractivity contribution in [2.45, 2.75) is 0 Å². The van der Waals surface area contributed by atoms with Crippen molar-refractivity contribution >= 4 is 34.6 Å². The summed E-state index contributed by atoms with van der Waals surface area (Å²) in [5, 5.41) is -0.564. The molecule has 0 radical (unpaired) electrons. The molecule has 3 rings (SSSR count). The second-order valence-corrected chi connectivity index (χ2v) is 4.69. The van der Waals surface area contributed by atoms with E-state index in [0.29, 0.717) is 22.4 Å². The quantitative estimate of drug-likeness (QED) is 0.623. The van der Waals surface area contributed by atoms with E-state index in [-0.39, 0.29) is 0 Å². The van der Waals surface area contributed by atoms with Crippen molar-refractivity contribution in [1.29, 1.82) is 0 Å². The van der Waals surface area contributed by atoms with E-state index in [1.54, 1.807) is 18.2 Å². The lowest BCUT2D eigenvalue weighted by atomic mass is 10.0. The van der Waals surface area contributed by atoms with E-state index < -0.39 is 11.2 Å². The number of esters is 1. The van der Waals surface area contributed by atoms with Crippen LogP contribution < -0.4 is 0 Å². The van der Waals surface area contributed by atoms with Gasteiger partial charge in [0.15, 0.2) is 0 Å². The summed E-state index contributed by atoms with van der Waals surface area (Å²) in [5.41, 5.74) is 2.27. The average Bonchev–Trinajstić information content (AvgIpc) is 2.76. The number of halogens is 1. The molecule has 0 saturated heterocycles. The highest BCUT2D eigenvalue weighted by molar-refractivity contribution is 6.67. The molecule has 2 aromatic rings. The monoisotopic (exact) mass is 284 g/mol. The van der Waals surface area contributed by atoms with Crippen LogP contribution in [-0.2, 0) is 4.74 Å². The Hall–Kier alpha value is -2.39. The van der Waals surface area contributed by atoms with E-state index in [1.807, 2.05) is 30.3 Å². The van der Waals surface area contributed by atoms with Crippen molar-refractivity contribution in [2.75, 3.05) is 0 Å². The predicted octanol–water partition coefficient (Wildman–Crippen LogP) is 3.73. The minimum atomic E-state index is -0.564. The fourth-order valence-corrected chi connectivity index (χ4v) is 2.18. The van der Waals surface area contributed by atoms with Crippen molar-refractivity contribution in [3.8, 4) is 0 Å². The van der Waals surface area contributed by atoms with Crippen molar-refractivity contribution < 1.29 is 14.3 Å². The number of rotatable bonds is 2. The molecule has 2 aromatic carbocycles. The molecule has 0 spiro atoms. The maximum atomic E-state index is 11.8. The minimum Gasteiger partial charge on any atom is -0.422 e. The average molecular weight is 285 g/mol. The molecule has 1 aliphatic rings. The summed E-state index contributed by atoms with van der Waals surface area (Å²) in [5.74, 6) is 0.00622. The molecule has 0 aromatic heterocycles. The van der Waals surface area contributed by atoms with Crippen LogP contribution >= 0.6 is 11.6 Å². The van der Waals surface area contributed by atoms with E-state index in [1.165, 1.54) is 6.07 Å². The number of hydrogen-bond donors (Lipinski definition) is 0. The zero-order valence-corrected chi connectivity index (χ0v) is 11.1. The smallest absolute Gasteiger partial charge is 0.344 e. The molecule has 0 bridgehead atoms. The fourth-order valence-electron chi connectivity index (χ4n) is 2.07. The van der Waals surface area contributed by atoms with Gasteiger partial charge >= 0.3 is 5.97 Å². The Morgan fingerprint density at radius 1 is 1.05 bits per heavy atom. The first kappa shape index (κ1) is 12.6. The first-order valence-corrected chi connectivity index (χ1v) is 6.36. The number of carbonyl (C=O) groups excluding carboxylic acids is 2. The molecular formula is C16H9ClO3. The standard InChI is InChI=1S/C16H9ClO3/c17-15(18)11-6-7-12-13(9-11)14(20-16(12)19)8-10-4-2-1-3-5-10/h1-9H. The van der Waals surface area contributed by atoms with Crippen LogP contribution in [0, 0.1) is 0 Å². The van der Waals surface area contributed by atoms with Gasteiger partial charge in [0.25, 0.3) is 5.24 Å². The van der Waals surface area contributed by atoms with Crippen LogP contribution in [0.2, 0.25) is 0 Å². The lowest BCUT2D eigenvalue weighted by Crippen LogP contribution is -1.95. The largest absolute Gasteiger partial charge is 0.422 e. The Kier molecular flexibility index (Phi) is 3.12. The van der Waals surface area contributed by atoms with Crippen LogP contribution in [-0.4, -0.2) is 11.2 Å². The van der Waals surface area contributed by atoms with E-state index in [2.05, 4.69) is 0 Å². The SMILES string of the molecule is O=C(Cl)c1ccc2c(c1)C(=Cc1ccccc1)OC2=O. The van der Waals surface area contributed by atoms with Gasteiger partial charge in [-0.15, -0.1) is 0 Å². The predicted molar refractivity (Wildman–Crippen MR) is 76.4 cm³/mol. The first-order valence-electron chi connectivity index (χ1n) is 5.98. The van der Waals surface area contributed by atoms with Crippen LogP contribution in [0.3, 0.4) is 0 Å². The Morgan fingerprint density at radius 2 is 1.80 bits per heavy atom. The molecule has 0 unspecified atom stereocenters. The summed E-state index contributed by atoms with van der Waals surface area (Å²) < 4.78 is 5.24. The van der Waals surface area contributed by atoms with Crippen LogP contribution in [0.25, 0.3) is 11.8 Å². The summed E-state index contributed by atoms with van der Waals surface area (Å²) in [6, 6.07) is 14.1. The molecule has 20 heavy (non-hydrogen) atoms. The third kappa shape index (κ3) is 2.24. The molecule has 1 heterocycles. The lowest BCUT2D eigenvalue weighted by Gasteiger charge is -2.00. The molecule has 98 valence electrons. The number of benzene rings is 2. The molecule has 0 N–H and O–H groups in total. The van der Waals surface area contributed by atoms with Gasteiger partial charge in [-0.2, -0.15) is 0 Å². The Balaban J connectivity index is 2.10. The summed E-state index contributed by atoms with van der Waals surface area (Å²) in [4.78, 5) is 23.0. The highest BCUT2D eigenvalue weighted by Crippen LogP contribution is 2.32. The normalized spacial score (nSPS) is 15.1. The molecular weight excluding hydrogens is 276 g/mol. The van der Waals surface area contributed by atoms with E-state index >= 15 is 0 Å². The lowest BCUT2D eigenvalue weighted by molar-refractivity contribution is 0.0717. The van der Waals surface area contributed by atoms with Crippen LogP contribution in [0.1, 0.15) is 31.8 Å². The zero-order valence-electron chi connectivity index (χ0n) is 10.3. The van der Waals surface area contributed by atoms with Gasteiger partial charge in [0.05, 0.1) is 5.56 Å². The summed E-state index contributed by atoms with van der Waals surface area (Å²) in [7, 11) is 0. The molecule has 3 nitrogen and oxygen atoms in total. The van der Waals surface area contributed by atoms with E-state index in [4.69, 9.17) is 16.3 Å². The van der Waals surface area contributed by atoms with Gasteiger partial charge in [-0.25, -0.2) is 4.79 Å². The number of hydrogen-bond acceptors (Lipinski definition) is 3. The minimum absolute atomic E-state index is 0.336. The zero-order chi connectivity index (χ0) is 14.1. The fraction of sp³-hybridized carbons (Fsp3) is 0. The molecule has 0 fully saturated rings. The molecule has 1 aliphatic heterocycles. The molecule has 0 amide bonds. The summed E-state index contributed by atoms with van der Waals surface area (Å²) >= 11 is 5.47. The first-order chi connectivity index (χ1) is 9.65. The van der Waals surface area contributed by atoms with Gasteiger partial charge in [0.1, 0.15) is 5.76 Å². The van der Waals surface area contributed by atoms with Gasteiger partial charge < -0.3 is 4.74 Å². The van der Waals surface area contributed by atoms with Crippen molar-refractivity contribution in [3.63, 3.8) is 0 Å². The van der Waals surface area contributed by atoms with E-state index in [9.17, 15) is 9.59 Å².